The third-order valence-corrected chi connectivity index (χ3v) is 4.02. The van der Waals surface area contributed by atoms with Crippen LogP contribution in [0.4, 0.5) is 14.7 Å². The quantitative estimate of drug-likeness (QED) is 0.731. The van der Waals surface area contributed by atoms with E-state index in [2.05, 4.69) is 9.97 Å². The molecule has 1 saturated carbocycles. The summed E-state index contributed by atoms with van der Waals surface area (Å²) in [7, 11) is 0. The van der Waals surface area contributed by atoms with Crippen LogP contribution in [0.15, 0.2) is 18.5 Å². The molecule has 1 aromatic rings. The van der Waals surface area contributed by atoms with Gasteiger partial charge in [0, 0.05) is 30.9 Å². The number of piperidine rings is 1. The summed E-state index contributed by atoms with van der Waals surface area (Å²) >= 11 is 0. The van der Waals surface area contributed by atoms with E-state index >= 15 is 0 Å². The molecule has 2 atom stereocenters. The van der Waals surface area contributed by atoms with E-state index in [1.54, 1.807) is 25.4 Å². The van der Waals surface area contributed by atoms with E-state index in [9.17, 15) is 8.78 Å². The molecule has 0 aromatic carbocycles. The molecular formula is C11H13F2N3. The zero-order valence-corrected chi connectivity index (χ0v) is 9.03. The Morgan fingerprint density at radius 2 is 2.06 bits per heavy atom. The van der Waals surface area contributed by atoms with Crippen LogP contribution in [0.5, 0.6) is 0 Å². The van der Waals surface area contributed by atoms with Crippen molar-refractivity contribution in [3.05, 3.63) is 18.5 Å². The van der Waals surface area contributed by atoms with Crippen LogP contribution in [-0.2, 0) is 0 Å². The summed E-state index contributed by atoms with van der Waals surface area (Å²) in [4.78, 5) is 10.0. The van der Waals surface area contributed by atoms with E-state index in [0.717, 1.165) is 0 Å². The molecule has 1 aromatic heterocycles. The molecule has 2 fully saturated rings. The third-order valence-electron chi connectivity index (χ3n) is 4.02. The van der Waals surface area contributed by atoms with Gasteiger partial charge < -0.3 is 4.90 Å². The van der Waals surface area contributed by atoms with Crippen molar-refractivity contribution in [1.82, 2.24) is 9.97 Å². The Balaban J connectivity index is 1.80. The minimum atomic E-state index is -2.50. The molecule has 86 valence electrons. The molecule has 0 unspecified atom stereocenters. The van der Waals surface area contributed by atoms with Crippen molar-refractivity contribution in [3.63, 3.8) is 0 Å². The van der Waals surface area contributed by atoms with Crippen LogP contribution in [0.25, 0.3) is 0 Å². The van der Waals surface area contributed by atoms with Crippen LogP contribution in [0.1, 0.15) is 13.3 Å². The smallest absolute Gasteiger partial charge is 0.259 e. The summed E-state index contributed by atoms with van der Waals surface area (Å²) in [6.07, 6.45) is 3.80. The maximum absolute atomic E-state index is 13.5. The Labute approximate surface area is 92.5 Å². The number of hydrogen-bond acceptors (Lipinski definition) is 3. The van der Waals surface area contributed by atoms with E-state index in [1.165, 1.54) is 0 Å². The van der Waals surface area contributed by atoms with Gasteiger partial charge in [0.1, 0.15) is 0 Å². The minimum Gasteiger partial charge on any atom is -0.340 e. The lowest BCUT2D eigenvalue weighted by Gasteiger charge is -2.28. The second-order valence-corrected chi connectivity index (χ2v) is 4.84. The summed E-state index contributed by atoms with van der Waals surface area (Å²) in [6, 6.07) is 1.73. The largest absolute Gasteiger partial charge is 0.340 e. The normalized spacial score (nSPS) is 35.7. The first-order valence-corrected chi connectivity index (χ1v) is 5.45. The van der Waals surface area contributed by atoms with Gasteiger partial charge in [-0.05, 0) is 12.5 Å². The van der Waals surface area contributed by atoms with Crippen LogP contribution >= 0.6 is 0 Å². The Morgan fingerprint density at radius 1 is 1.38 bits per heavy atom. The molecule has 0 spiro atoms. The first-order valence-electron chi connectivity index (χ1n) is 5.45. The highest BCUT2D eigenvalue weighted by Crippen LogP contribution is 2.69. The molecule has 1 aliphatic heterocycles. The van der Waals surface area contributed by atoms with Gasteiger partial charge in [0.2, 0.25) is 5.95 Å². The number of nitrogens with zero attached hydrogens (tertiary/aromatic N) is 3. The van der Waals surface area contributed by atoms with E-state index in [-0.39, 0.29) is 0 Å². The Hall–Kier alpha value is -1.26. The molecule has 3 nitrogen and oxygen atoms in total. The Bertz CT molecular complexity index is 409. The summed E-state index contributed by atoms with van der Waals surface area (Å²) in [6.45, 7) is 2.67. The molecule has 5 heteroatoms. The van der Waals surface area contributed by atoms with Crippen molar-refractivity contribution in [3.8, 4) is 0 Å². The lowest BCUT2D eigenvalue weighted by atomic mass is 9.98. The average Bonchev–Trinajstić information content (AvgIpc) is 2.74. The predicted octanol–water partition coefficient (Wildman–Crippen LogP) is 1.96. The molecule has 0 bridgehead atoms. The van der Waals surface area contributed by atoms with Crippen molar-refractivity contribution in [2.75, 3.05) is 18.0 Å². The van der Waals surface area contributed by atoms with Crippen molar-refractivity contribution in [1.29, 1.82) is 0 Å². The molecule has 0 radical (unpaired) electrons. The fourth-order valence-corrected chi connectivity index (χ4v) is 2.65. The van der Waals surface area contributed by atoms with Crippen LogP contribution in [0, 0.1) is 11.3 Å². The van der Waals surface area contributed by atoms with Crippen molar-refractivity contribution < 1.29 is 8.78 Å². The number of aromatic nitrogens is 2. The Morgan fingerprint density at radius 3 is 2.69 bits per heavy atom. The van der Waals surface area contributed by atoms with E-state index < -0.39 is 17.3 Å². The number of alkyl halides is 2. The van der Waals surface area contributed by atoms with Crippen molar-refractivity contribution >= 4 is 5.95 Å². The van der Waals surface area contributed by atoms with Gasteiger partial charge in [0.25, 0.3) is 5.92 Å². The second-order valence-electron chi connectivity index (χ2n) is 4.84. The fourth-order valence-electron chi connectivity index (χ4n) is 2.65. The topological polar surface area (TPSA) is 29.0 Å². The van der Waals surface area contributed by atoms with E-state index in [4.69, 9.17) is 0 Å². The van der Waals surface area contributed by atoms with Gasteiger partial charge in [-0.15, -0.1) is 0 Å². The fraction of sp³-hybridized carbons (Fsp3) is 0.636. The zero-order valence-electron chi connectivity index (χ0n) is 9.03. The monoisotopic (exact) mass is 225 g/mol. The summed E-state index contributed by atoms with van der Waals surface area (Å²) in [5, 5.41) is 0. The van der Waals surface area contributed by atoms with Crippen LogP contribution in [-0.4, -0.2) is 29.0 Å². The second kappa shape index (κ2) is 2.90. The highest BCUT2D eigenvalue weighted by molar-refractivity contribution is 5.35. The van der Waals surface area contributed by atoms with E-state index in [1.807, 2.05) is 4.90 Å². The summed E-state index contributed by atoms with van der Waals surface area (Å²) in [5.41, 5.74) is -0.779. The first-order chi connectivity index (χ1) is 7.56. The minimum absolute atomic E-state index is 0.369. The molecule has 0 N–H and O–H groups in total. The van der Waals surface area contributed by atoms with Crippen molar-refractivity contribution in [2.24, 2.45) is 11.3 Å². The van der Waals surface area contributed by atoms with Gasteiger partial charge >= 0.3 is 0 Å². The molecule has 16 heavy (non-hydrogen) atoms. The van der Waals surface area contributed by atoms with Gasteiger partial charge in [-0.25, -0.2) is 18.7 Å². The molecule has 3 rings (SSSR count). The Kier molecular flexibility index (Phi) is 1.80. The SMILES string of the molecule is C[C@@]12CCN(c3ncccn3)C[C@@H]1C2(F)F. The molecule has 0 amide bonds. The van der Waals surface area contributed by atoms with Crippen LogP contribution in [0.2, 0.25) is 0 Å². The number of fused-ring (bicyclic) bond motifs is 1. The number of hydrogen-bond donors (Lipinski definition) is 0. The van der Waals surface area contributed by atoms with Gasteiger partial charge in [-0.2, -0.15) is 0 Å². The molecule has 1 saturated heterocycles. The predicted molar refractivity (Wildman–Crippen MR) is 55.4 cm³/mol. The third kappa shape index (κ3) is 1.11. The highest BCUT2D eigenvalue weighted by atomic mass is 19.3. The first kappa shape index (κ1) is 9.93. The number of anilines is 1. The number of halogens is 2. The maximum Gasteiger partial charge on any atom is 0.259 e. The lowest BCUT2D eigenvalue weighted by Crippen LogP contribution is -2.35. The van der Waals surface area contributed by atoms with Crippen molar-refractivity contribution in [2.45, 2.75) is 19.3 Å². The number of rotatable bonds is 1. The van der Waals surface area contributed by atoms with Gasteiger partial charge in [0.15, 0.2) is 0 Å². The zero-order chi connectivity index (χ0) is 11.4. The lowest BCUT2D eigenvalue weighted by molar-refractivity contribution is 0.0636. The van der Waals surface area contributed by atoms with Crippen LogP contribution in [0.3, 0.4) is 0 Å². The summed E-state index contributed by atoms with van der Waals surface area (Å²) in [5.74, 6) is -2.47. The van der Waals surface area contributed by atoms with Gasteiger partial charge in [0.05, 0.1) is 5.92 Å². The average molecular weight is 225 g/mol. The standard InChI is InChI=1S/C11H13F2N3/c1-10-3-6-16(7-8(10)11(10,12)13)9-14-4-2-5-15-9/h2,4-5,8H,3,6-7H2,1H3/t8-,10+/m0/s1. The van der Waals surface area contributed by atoms with E-state index in [0.29, 0.717) is 25.5 Å². The molecule has 1 aliphatic carbocycles. The molecule has 2 heterocycles. The van der Waals surface area contributed by atoms with Gasteiger partial charge in [-0.1, -0.05) is 6.92 Å². The molecular weight excluding hydrogens is 212 g/mol. The highest BCUT2D eigenvalue weighted by Gasteiger charge is 2.78. The maximum atomic E-state index is 13.5. The molecule has 2 aliphatic rings. The summed E-state index contributed by atoms with van der Waals surface area (Å²) < 4.78 is 27.0. The van der Waals surface area contributed by atoms with Crippen LogP contribution < -0.4 is 4.90 Å². The van der Waals surface area contributed by atoms with Gasteiger partial charge in [-0.3, -0.25) is 0 Å².